The summed E-state index contributed by atoms with van der Waals surface area (Å²) in [6.07, 6.45) is 7.44. The number of aliphatic hydroxyl groups excluding tert-OH is 1. The molecule has 0 aliphatic heterocycles. The molecule has 19 heavy (non-hydrogen) atoms. The van der Waals surface area contributed by atoms with Gasteiger partial charge in [-0.1, -0.05) is 0 Å². The number of nitrogens with zero attached hydrogens (tertiary/aromatic N) is 3. The van der Waals surface area contributed by atoms with Crippen molar-refractivity contribution in [3.05, 3.63) is 17.3 Å². The van der Waals surface area contributed by atoms with E-state index in [2.05, 4.69) is 4.90 Å². The molecule has 0 amide bonds. The summed E-state index contributed by atoms with van der Waals surface area (Å²) in [5.74, 6) is 2.73. The van der Waals surface area contributed by atoms with Crippen molar-refractivity contribution in [3.63, 3.8) is 0 Å². The van der Waals surface area contributed by atoms with Crippen LogP contribution in [0.3, 0.4) is 0 Å². The lowest BCUT2D eigenvalue weighted by molar-refractivity contribution is 0.276. The van der Waals surface area contributed by atoms with Gasteiger partial charge in [-0.25, -0.2) is 4.98 Å². The lowest BCUT2D eigenvalue weighted by Crippen LogP contribution is -2.29. The zero-order valence-corrected chi connectivity index (χ0v) is 11.8. The van der Waals surface area contributed by atoms with Crippen molar-refractivity contribution in [2.24, 2.45) is 11.8 Å². The highest BCUT2D eigenvalue weighted by Gasteiger charge is 2.31. The Kier molecular flexibility index (Phi) is 2.77. The third kappa shape index (κ3) is 2.25. The summed E-state index contributed by atoms with van der Waals surface area (Å²) in [5, 5.41) is 11.7. The molecular formula is C14H19N3OS. The summed E-state index contributed by atoms with van der Waals surface area (Å²) in [4.78, 5) is 8.18. The zero-order valence-electron chi connectivity index (χ0n) is 11.0. The van der Waals surface area contributed by atoms with Crippen molar-refractivity contribution in [2.75, 3.05) is 18.0 Å². The molecule has 2 aliphatic carbocycles. The smallest absolute Gasteiger partial charge is 0.195 e. The van der Waals surface area contributed by atoms with Gasteiger partial charge in [0.2, 0.25) is 0 Å². The number of anilines is 1. The number of hydrogen-bond donors (Lipinski definition) is 1. The van der Waals surface area contributed by atoms with E-state index in [0.29, 0.717) is 0 Å². The molecule has 2 saturated carbocycles. The van der Waals surface area contributed by atoms with Gasteiger partial charge >= 0.3 is 0 Å². The molecule has 2 aromatic heterocycles. The quantitative estimate of drug-likeness (QED) is 0.882. The van der Waals surface area contributed by atoms with Crippen molar-refractivity contribution >= 4 is 22.1 Å². The van der Waals surface area contributed by atoms with Gasteiger partial charge in [0.25, 0.3) is 0 Å². The van der Waals surface area contributed by atoms with Gasteiger partial charge < -0.3 is 10.0 Å². The molecule has 2 aliphatic rings. The molecule has 0 unspecified atom stereocenters. The van der Waals surface area contributed by atoms with E-state index in [1.165, 1.54) is 25.7 Å². The Labute approximate surface area is 116 Å². The third-order valence-corrected chi connectivity index (χ3v) is 4.90. The molecule has 4 nitrogen and oxygen atoms in total. The topological polar surface area (TPSA) is 40.8 Å². The van der Waals surface area contributed by atoms with E-state index in [9.17, 15) is 5.11 Å². The van der Waals surface area contributed by atoms with E-state index in [4.69, 9.17) is 4.98 Å². The summed E-state index contributed by atoms with van der Waals surface area (Å²) in [5.41, 5.74) is 0.956. The lowest BCUT2D eigenvalue weighted by atomic mass is 10.3. The maximum absolute atomic E-state index is 9.69. The Morgan fingerprint density at radius 2 is 1.95 bits per heavy atom. The SMILES string of the molecule is OCc1c(N(CC2CC2)CC2CC2)nc2sccn12. The maximum atomic E-state index is 9.69. The van der Waals surface area contributed by atoms with Crippen molar-refractivity contribution in [2.45, 2.75) is 32.3 Å². The minimum absolute atomic E-state index is 0.0685. The lowest BCUT2D eigenvalue weighted by Gasteiger charge is -2.23. The first-order chi connectivity index (χ1) is 9.35. The molecular weight excluding hydrogens is 258 g/mol. The second kappa shape index (κ2) is 4.49. The Morgan fingerprint density at radius 3 is 2.53 bits per heavy atom. The molecule has 2 aromatic rings. The Bertz CT molecular complexity index is 569. The number of fused-ring (bicyclic) bond motifs is 1. The van der Waals surface area contributed by atoms with Crippen LogP contribution in [-0.4, -0.2) is 27.6 Å². The highest BCUT2D eigenvalue weighted by molar-refractivity contribution is 7.15. The number of rotatable bonds is 6. The number of imidazole rings is 1. The van der Waals surface area contributed by atoms with Crippen LogP contribution in [-0.2, 0) is 6.61 Å². The Balaban J connectivity index is 1.68. The van der Waals surface area contributed by atoms with E-state index in [0.717, 1.165) is 41.4 Å². The Morgan fingerprint density at radius 1 is 1.26 bits per heavy atom. The summed E-state index contributed by atoms with van der Waals surface area (Å²) in [6, 6.07) is 0. The predicted octanol–water partition coefficient (Wildman–Crippen LogP) is 2.51. The summed E-state index contributed by atoms with van der Waals surface area (Å²) in [6.45, 7) is 2.31. The zero-order chi connectivity index (χ0) is 12.8. The summed E-state index contributed by atoms with van der Waals surface area (Å²) < 4.78 is 2.03. The molecule has 0 saturated heterocycles. The minimum atomic E-state index is 0.0685. The number of hydrogen-bond acceptors (Lipinski definition) is 4. The van der Waals surface area contributed by atoms with Crippen LogP contribution in [0.15, 0.2) is 11.6 Å². The fourth-order valence-electron chi connectivity index (χ4n) is 2.69. The molecule has 1 N–H and O–H groups in total. The van der Waals surface area contributed by atoms with Gasteiger partial charge in [-0.3, -0.25) is 4.40 Å². The number of aliphatic hydroxyl groups is 1. The molecule has 5 heteroatoms. The van der Waals surface area contributed by atoms with Crippen LogP contribution in [0.5, 0.6) is 0 Å². The van der Waals surface area contributed by atoms with Gasteiger partial charge in [-0.2, -0.15) is 0 Å². The first-order valence-electron chi connectivity index (χ1n) is 7.15. The summed E-state index contributed by atoms with van der Waals surface area (Å²) in [7, 11) is 0. The fraction of sp³-hybridized carbons (Fsp3) is 0.643. The monoisotopic (exact) mass is 277 g/mol. The van der Waals surface area contributed by atoms with Crippen LogP contribution in [0.1, 0.15) is 31.4 Å². The highest BCUT2D eigenvalue weighted by atomic mass is 32.1. The van der Waals surface area contributed by atoms with Crippen LogP contribution >= 0.6 is 11.3 Å². The van der Waals surface area contributed by atoms with E-state index in [1.807, 2.05) is 16.0 Å². The summed E-state index contributed by atoms with van der Waals surface area (Å²) >= 11 is 1.64. The van der Waals surface area contributed by atoms with Crippen molar-refractivity contribution in [1.29, 1.82) is 0 Å². The largest absolute Gasteiger partial charge is 0.390 e. The van der Waals surface area contributed by atoms with Gasteiger partial charge in [0.1, 0.15) is 0 Å². The normalized spacial score (nSPS) is 19.2. The van der Waals surface area contributed by atoms with Gasteiger partial charge in [-0.05, 0) is 37.5 Å². The van der Waals surface area contributed by atoms with Crippen LogP contribution in [0.2, 0.25) is 0 Å². The maximum Gasteiger partial charge on any atom is 0.195 e. The average Bonchev–Trinajstić information content (AvgIpc) is 3.30. The van der Waals surface area contributed by atoms with E-state index < -0.39 is 0 Å². The van der Waals surface area contributed by atoms with Gasteiger partial charge in [0.05, 0.1) is 12.3 Å². The molecule has 2 fully saturated rings. The second-order valence-electron chi connectivity index (χ2n) is 5.89. The molecule has 0 spiro atoms. The van der Waals surface area contributed by atoms with Crippen LogP contribution < -0.4 is 4.90 Å². The minimum Gasteiger partial charge on any atom is -0.390 e. The van der Waals surface area contributed by atoms with Crippen molar-refractivity contribution < 1.29 is 5.11 Å². The average molecular weight is 277 g/mol. The molecule has 0 radical (unpaired) electrons. The van der Waals surface area contributed by atoms with Crippen LogP contribution in [0, 0.1) is 11.8 Å². The standard InChI is InChI=1S/C14H19N3OS/c18-9-12-13(15-14-17(12)5-6-19-14)16(7-10-1-2-10)8-11-3-4-11/h5-6,10-11,18H,1-4,7-9H2. The number of aromatic nitrogens is 2. The van der Waals surface area contributed by atoms with Gasteiger partial charge in [0, 0.05) is 24.7 Å². The molecule has 0 bridgehead atoms. The molecule has 102 valence electrons. The van der Waals surface area contributed by atoms with Gasteiger partial charge in [0.15, 0.2) is 10.8 Å². The second-order valence-corrected chi connectivity index (χ2v) is 6.76. The molecule has 4 rings (SSSR count). The highest BCUT2D eigenvalue weighted by Crippen LogP contribution is 2.37. The van der Waals surface area contributed by atoms with Crippen LogP contribution in [0.4, 0.5) is 5.82 Å². The van der Waals surface area contributed by atoms with E-state index in [1.54, 1.807) is 11.3 Å². The first kappa shape index (κ1) is 11.7. The molecule has 0 aromatic carbocycles. The third-order valence-electron chi connectivity index (χ3n) is 4.14. The van der Waals surface area contributed by atoms with E-state index >= 15 is 0 Å². The van der Waals surface area contributed by atoms with Crippen LogP contribution in [0.25, 0.3) is 4.96 Å². The molecule has 2 heterocycles. The number of thiazole rings is 1. The Hall–Kier alpha value is -1.07. The first-order valence-corrected chi connectivity index (χ1v) is 8.03. The van der Waals surface area contributed by atoms with Crippen molar-refractivity contribution in [1.82, 2.24) is 9.38 Å². The van der Waals surface area contributed by atoms with Gasteiger partial charge in [-0.15, -0.1) is 11.3 Å². The van der Waals surface area contributed by atoms with Crippen molar-refractivity contribution in [3.8, 4) is 0 Å². The predicted molar refractivity (Wildman–Crippen MR) is 76.7 cm³/mol. The fourth-order valence-corrected chi connectivity index (χ4v) is 3.42. The molecule has 0 atom stereocenters. The van der Waals surface area contributed by atoms with E-state index in [-0.39, 0.29) is 6.61 Å².